The largest absolute Gasteiger partial charge is 0.452 e. The number of primary amides is 1. The van der Waals surface area contributed by atoms with E-state index >= 15 is 0 Å². The van der Waals surface area contributed by atoms with Crippen molar-refractivity contribution in [1.29, 1.82) is 0 Å². The first-order chi connectivity index (χ1) is 7.91. The highest BCUT2D eigenvalue weighted by molar-refractivity contribution is 6.36. The number of benzene rings is 1. The van der Waals surface area contributed by atoms with Crippen LogP contribution >= 0.6 is 23.2 Å². The second-order valence-electron chi connectivity index (χ2n) is 3.41. The fourth-order valence-electron chi connectivity index (χ4n) is 1.14. The number of halogens is 2. The van der Waals surface area contributed by atoms with E-state index in [0.29, 0.717) is 15.6 Å². The molecule has 1 aromatic carbocycles. The first kappa shape index (κ1) is 13.8. The molecule has 17 heavy (non-hydrogen) atoms. The van der Waals surface area contributed by atoms with Crippen molar-refractivity contribution in [1.82, 2.24) is 0 Å². The molecule has 0 aromatic heterocycles. The van der Waals surface area contributed by atoms with Crippen LogP contribution in [0.25, 0.3) is 0 Å². The Bertz CT molecular complexity index is 428. The fraction of sp³-hybridized carbons (Fsp3) is 0.273. The van der Waals surface area contributed by atoms with Crippen molar-refractivity contribution in [3.05, 3.63) is 33.8 Å². The summed E-state index contributed by atoms with van der Waals surface area (Å²) in [5.74, 6) is -1.31. The summed E-state index contributed by atoms with van der Waals surface area (Å²) in [6.45, 7) is 1.40. The van der Waals surface area contributed by atoms with Crippen molar-refractivity contribution in [3.8, 4) is 0 Å². The maximum absolute atomic E-state index is 11.5. The molecule has 0 bridgehead atoms. The molecule has 0 aliphatic carbocycles. The van der Waals surface area contributed by atoms with Crippen molar-refractivity contribution in [2.75, 3.05) is 0 Å². The molecule has 0 heterocycles. The molecular formula is C11H11Cl2NO3. The summed E-state index contributed by atoms with van der Waals surface area (Å²) in [4.78, 5) is 22.2. The Kier molecular flexibility index (Phi) is 4.78. The molecule has 0 spiro atoms. The molecule has 0 saturated carbocycles. The van der Waals surface area contributed by atoms with Gasteiger partial charge in [-0.05, 0) is 19.1 Å². The summed E-state index contributed by atoms with van der Waals surface area (Å²) in [5, 5.41) is 0.752. The summed E-state index contributed by atoms with van der Waals surface area (Å²) >= 11 is 11.8. The highest BCUT2D eigenvalue weighted by atomic mass is 35.5. The SMILES string of the molecule is C[C@H](OC(=O)Cc1c(Cl)cccc1Cl)C(N)=O. The summed E-state index contributed by atoms with van der Waals surface area (Å²) in [6, 6.07) is 4.91. The molecule has 0 saturated heterocycles. The van der Waals surface area contributed by atoms with Gasteiger partial charge in [0.2, 0.25) is 0 Å². The Morgan fingerprint density at radius 1 is 1.35 bits per heavy atom. The van der Waals surface area contributed by atoms with Crippen LogP contribution in [-0.2, 0) is 20.7 Å². The van der Waals surface area contributed by atoms with Gasteiger partial charge in [0.1, 0.15) is 0 Å². The molecule has 92 valence electrons. The first-order valence-electron chi connectivity index (χ1n) is 4.83. The standard InChI is InChI=1S/C11H11Cl2NO3/c1-6(11(14)16)17-10(15)5-7-8(12)3-2-4-9(7)13/h2-4,6H,5H2,1H3,(H2,14,16)/t6-/m0/s1. The van der Waals surface area contributed by atoms with E-state index in [-0.39, 0.29) is 6.42 Å². The Labute approximate surface area is 109 Å². The van der Waals surface area contributed by atoms with Crippen LogP contribution in [0.15, 0.2) is 18.2 Å². The van der Waals surface area contributed by atoms with Gasteiger partial charge in [-0.15, -0.1) is 0 Å². The molecule has 1 atom stereocenters. The van der Waals surface area contributed by atoms with Crippen LogP contribution in [0, 0.1) is 0 Å². The Hall–Kier alpha value is -1.26. The molecule has 6 heteroatoms. The van der Waals surface area contributed by atoms with Crippen LogP contribution in [-0.4, -0.2) is 18.0 Å². The third-order valence-electron chi connectivity index (χ3n) is 2.09. The average Bonchev–Trinajstić information content (AvgIpc) is 2.23. The number of ether oxygens (including phenoxy) is 1. The Morgan fingerprint density at radius 3 is 2.35 bits per heavy atom. The van der Waals surface area contributed by atoms with Crippen molar-refractivity contribution in [2.45, 2.75) is 19.4 Å². The topological polar surface area (TPSA) is 69.4 Å². The van der Waals surface area contributed by atoms with Crippen molar-refractivity contribution >= 4 is 35.1 Å². The van der Waals surface area contributed by atoms with E-state index in [1.807, 2.05) is 0 Å². The molecule has 4 nitrogen and oxygen atoms in total. The van der Waals surface area contributed by atoms with Gasteiger partial charge in [0, 0.05) is 15.6 Å². The summed E-state index contributed by atoms with van der Waals surface area (Å²) in [6.07, 6.45) is -1.07. The lowest BCUT2D eigenvalue weighted by Crippen LogP contribution is -2.31. The monoisotopic (exact) mass is 275 g/mol. The zero-order chi connectivity index (χ0) is 13.0. The van der Waals surface area contributed by atoms with Gasteiger partial charge in [-0.3, -0.25) is 9.59 Å². The number of rotatable bonds is 4. The lowest BCUT2D eigenvalue weighted by molar-refractivity contribution is -0.153. The number of amides is 1. The van der Waals surface area contributed by atoms with Crippen LogP contribution in [0.5, 0.6) is 0 Å². The predicted octanol–water partition coefficient (Wildman–Crippen LogP) is 1.95. The molecule has 0 radical (unpaired) electrons. The maximum atomic E-state index is 11.5. The highest BCUT2D eigenvalue weighted by Gasteiger charge is 2.17. The number of hydrogen-bond donors (Lipinski definition) is 1. The van der Waals surface area contributed by atoms with Gasteiger partial charge in [0.05, 0.1) is 6.42 Å². The minimum absolute atomic E-state index is 0.101. The molecule has 1 rings (SSSR count). The van der Waals surface area contributed by atoms with E-state index in [0.717, 1.165) is 0 Å². The zero-order valence-electron chi connectivity index (χ0n) is 9.07. The second kappa shape index (κ2) is 5.89. The summed E-state index contributed by atoms with van der Waals surface area (Å²) in [5.41, 5.74) is 5.44. The number of carbonyl (C=O) groups excluding carboxylic acids is 2. The molecule has 1 aromatic rings. The smallest absolute Gasteiger partial charge is 0.311 e. The van der Waals surface area contributed by atoms with Gasteiger partial charge in [0.15, 0.2) is 6.10 Å². The van der Waals surface area contributed by atoms with E-state index in [1.54, 1.807) is 18.2 Å². The van der Waals surface area contributed by atoms with E-state index in [9.17, 15) is 9.59 Å². The van der Waals surface area contributed by atoms with Crippen molar-refractivity contribution in [3.63, 3.8) is 0 Å². The van der Waals surface area contributed by atoms with Crippen LogP contribution in [0.1, 0.15) is 12.5 Å². The lowest BCUT2D eigenvalue weighted by Gasteiger charge is -2.10. The van der Waals surface area contributed by atoms with Gasteiger partial charge in [-0.25, -0.2) is 0 Å². The number of carbonyl (C=O) groups is 2. The van der Waals surface area contributed by atoms with Gasteiger partial charge in [-0.1, -0.05) is 29.3 Å². The second-order valence-corrected chi connectivity index (χ2v) is 4.23. The Balaban J connectivity index is 2.72. The van der Waals surface area contributed by atoms with Crippen LogP contribution in [0.2, 0.25) is 10.0 Å². The number of esters is 1. The highest BCUT2D eigenvalue weighted by Crippen LogP contribution is 2.24. The zero-order valence-corrected chi connectivity index (χ0v) is 10.6. The minimum Gasteiger partial charge on any atom is -0.452 e. The van der Waals surface area contributed by atoms with Gasteiger partial charge < -0.3 is 10.5 Å². The summed E-state index contributed by atoms with van der Waals surface area (Å²) < 4.78 is 4.79. The van der Waals surface area contributed by atoms with Crippen molar-refractivity contribution in [2.24, 2.45) is 5.73 Å². The van der Waals surface area contributed by atoms with E-state index in [4.69, 9.17) is 33.7 Å². The van der Waals surface area contributed by atoms with Gasteiger partial charge in [0.25, 0.3) is 5.91 Å². The van der Waals surface area contributed by atoms with Crippen LogP contribution < -0.4 is 5.73 Å². The number of hydrogen-bond acceptors (Lipinski definition) is 3. The molecule has 0 unspecified atom stereocenters. The van der Waals surface area contributed by atoms with Gasteiger partial charge in [-0.2, -0.15) is 0 Å². The molecule has 0 fully saturated rings. The summed E-state index contributed by atoms with van der Waals surface area (Å²) in [7, 11) is 0. The number of nitrogens with two attached hydrogens (primary N) is 1. The predicted molar refractivity (Wildman–Crippen MR) is 64.9 cm³/mol. The average molecular weight is 276 g/mol. The normalized spacial score (nSPS) is 11.9. The maximum Gasteiger partial charge on any atom is 0.311 e. The molecule has 2 N–H and O–H groups in total. The quantitative estimate of drug-likeness (QED) is 0.854. The van der Waals surface area contributed by atoms with Crippen LogP contribution in [0.4, 0.5) is 0 Å². The fourth-order valence-corrected chi connectivity index (χ4v) is 1.67. The lowest BCUT2D eigenvalue weighted by atomic mass is 10.1. The molecular weight excluding hydrogens is 265 g/mol. The van der Waals surface area contributed by atoms with Crippen LogP contribution in [0.3, 0.4) is 0 Å². The van der Waals surface area contributed by atoms with Crippen molar-refractivity contribution < 1.29 is 14.3 Å². The third kappa shape index (κ3) is 3.91. The van der Waals surface area contributed by atoms with E-state index in [1.165, 1.54) is 6.92 Å². The van der Waals surface area contributed by atoms with E-state index in [2.05, 4.69) is 0 Å². The Morgan fingerprint density at radius 2 is 1.88 bits per heavy atom. The van der Waals surface area contributed by atoms with E-state index < -0.39 is 18.0 Å². The molecule has 0 aliphatic heterocycles. The minimum atomic E-state index is -0.969. The molecule has 0 aliphatic rings. The first-order valence-corrected chi connectivity index (χ1v) is 5.59. The molecule has 1 amide bonds. The van der Waals surface area contributed by atoms with Gasteiger partial charge >= 0.3 is 5.97 Å². The third-order valence-corrected chi connectivity index (χ3v) is 2.80.